The summed E-state index contributed by atoms with van der Waals surface area (Å²) in [5.74, 6) is -9.28. The Labute approximate surface area is 262 Å². The average Bonchev–Trinajstić information content (AvgIpc) is 2.94. The van der Waals surface area contributed by atoms with Crippen LogP contribution in [0.5, 0.6) is 0 Å². The zero-order valence-electron chi connectivity index (χ0n) is 24.8. The number of nitrogens with one attached hydrogen (secondary N) is 2. The molecule has 0 aromatic heterocycles. The van der Waals surface area contributed by atoms with E-state index in [1.807, 2.05) is 0 Å². The number of carbonyl (C=O) groups excluding carboxylic acids is 2. The van der Waals surface area contributed by atoms with Crippen LogP contribution < -0.4 is 10.6 Å². The number of rotatable bonds is 24. The Morgan fingerprint density at radius 1 is 0.543 bits per heavy atom. The lowest BCUT2D eigenvalue weighted by molar-refractivity contribution is -0.152. The lowest BCUT2D eigenvalue weighted by Gasteiger charge is -2.25. The highest BCUT2D eigenvalue weighted by Gasteiger charge is 2.29. The molecule has 8 N–H and O–H groups in total. The summed E-state index contributed by atoms with van der Waals surface area (Å²) in [6, 6.07) is 3.07. The molecule has 0 bridgehead atoms. The minimum absolute atomic E-state index is 0.0543. The number of hydrogen-bond donors (Lipinski definition) is 8. The Hall–Kier alpha value is -5.10. The SMILES string of the molecule is O=C(O)CN(CC(=O)O)[C@@H](CCCCNC(=O)c1cccc(C(=O)NCCCC[C@@H](C(=O)O)N(CC(=O)O)CC(=O)O)c1)C(=O)O. The van der Waals surface area contributed by atoms with Gasteiger partial charge >= 0.3 is 35.8 Å². The first-order valence-corrected chi connectivity index (χ1v) is 14.1. The van der Waals surface area contributed by atoms with E-state index in [9.17, 15) is 48.6 Å². The van der Waals surface area contributed by atoms with Crippen LogP contribution in [0.2, 0.25) is 0 Å². The van der Waals surface area contributed by atoms with Crippen LogP contribution in [-0.2, 0) is 28.8 Å². The fourth-order valence-corrected chi connectivity index (χ4v) is 4.51. The van der Waals surface area contributed by atoms with Gasteiger partial charge in [0.15, 0.2) is 0 Å². The summed E-state index contributed by atoms with van der Waals surface area (Å²) in [5.41, 5.74) is 0.317. The zero-order valence-corrected chi connectivity index (χ0v) is 24.8. The number of unbranched alkanes of at least 4 members (excludes halogenated alkanes) is 2. The fraction of sp³-hybridized carbons (Fsp3) is 0.500. The maximum Gasteiger partial charge on any atom is 0.320 e. The van der Waals surface area contributed by atoms with Gasteiger partial charge in [0, 0.05) is 24.2 Å². The minimum atomic E-state index is -1.37. The zero-order chi connectivity index (χ0) is 34.8. The van der Waals surface area contributed by atoms with Crippen LogP contribution in [0.25, 0.3) is 0 Å². The van der Waals surface area contributed by atoms with Gasteiger partial charge in [-0.25, -0.2) is 0 Å². The van der Waals surface area contributed by atoms with Crippen molar-refractivity contribution in [2.24, 2.45) is 0 Å². The molecule has 0 fully saturated rings. The van der Waals surface area contributed by atoms with E-state index < -0.39 is 85.9 Å². The standard InChI is InChI=1S/C28H38N4O14/c33-21(34)13-31(14-22(35)36)19(27(43)44)8-1-3-10-29-25(41)17-6-5-7-18(12-17)26(42)30-11-4-2-9-20(28(45)46)32(15-23(37)38)16-24(39)40/h5-7,12,19-20H,1-4,8-11,13-16H2,(H,29,41)(H,30,42)(H,33,34)(H,35,36)(H,37,38)(H,39,40)(H,43,44)(H,45,46)/t19-,20-/m0/s1. The summed E-state index contributed by atoms with van der Waals surface area (Å²) in [6.07, 6.45) is 0.968. The molecule has 46 heavy (non-hydrogen) atoms. The summed E-state index contributed by atoms with van der Waals surface area (Å²) in [4.78, 5) is 94.1. The molecule has 0 saturated carbocycles. The highest BCUT2D eigenvalue weighted by Crippen LogP contribution is 2.12. The molecule has 0 aliphatic carbocycles. The second kappa shape index (κ2) is 20.0. The highest BCUT2D eigenvalue weighted by atomic mass is 16.4. The molecule has 0 aliphatic heterocycles. The number of benzene rings is 1. The van der Waals surface area contributed by atoms with Crippen molar-refractivity contribution in [1.29, 1.82) is 0 Å². The van der Waals surface area contributed by atoms with Gasteiger partial charge in [0.05, 0.1) is 26.2 Å². The van der Waals surface area contributed by atoms with E-state index in [2.05, 4.69) is 10.6 Å². The third kappa shape index (κ3) is 15.1. The van der Waals surface area contributed by atoms with Crippen molar-refractivity contribution in [2.75, 3.05) is 39.3 Å². The number of aliphatic carboxylic acids is 6. The van der Waals surface area contributed by atoms with Gasteiger partial charge < -0.3 is 41.3 Å². The second-order valence-electron chi connectivity index (χ2n) is 10.2. The molecule has 2 amide bonds. The van der Waals surface area contributed by atoms with E-state index in [0.29, 0.717) is 12.8 Å². The first kappa shape index (κ1) is 38.9. The first-order chi connectivity index (χ1) is 21.6. The van der Waals surface area contributed by atoms with E-state index in [1.54, 1.807) is 0 Å². The number of carbonyl (C=O) groups is 8. The maximum absolute atomic E-state index is 12.6. The van der Waals surface area contributed by atoms with Crippen molar-refractivity contribution >= 4 is 47.6 Å². The van der Waals surface area contributed by atoms with Gasteiger partial charge in [-0.2, -0.15) is 0 Å². The van der Waals surface area contributed by atoms with E-state index in [1.165, 1.54) is 24.3 Å². The van der Waals surface area contributed by atoms with Gasteiger partial charge in [-0.1, -0.05) is 6.07 Å². The third-order valence-corrected chi connectivity index (χ3v) is 6.57. The summed E-state index contributed by atoms with van der Waals surface area (Å²) >= 11 is 0. The quantitative estimate of drug-likeness (QED) is 0.0642. The Balaban J connectivity index is 2.58. The molecular weight excluding hydrogens is 616 g/mol. The summed E-state index contributed by atoms with van der Waals surface area (Å²) in [5, 5.41) is 60.0. The van der Waals surface area contributed by atoms with E-state index in [0.717, 1.165) is 9.80 Å². The highest BCUT2D eigenvalue weighted by molar-refractivity contribution is 5.99. The minimum Gasteiger partial charge on any atom is -0.480 e. The molecule has 2 atom stereocenters. The molecule has 1 rings (SSSR count). The van der Waals surface area contributed by atoms with Crippen molar-refractivity contribution in [1.82, 2.24) is 20.4 Å². The maximum atomic E-state index is 12.6. The summed E-state index contributed by atoms with van der Waals surface area (Å²) in [7, 11) is 0. The second-order valence-corrected chi connectivity index (χ2v) is 10.2. The molecule has 18 nitrogen and oxygen atoms in total. The Morgan fingerprint density at radius 2 is 0.870 bits per heavy atom. The largest absolute Gasteiger partial charge is 0.480 e. The summed E-state index contributed by atoms with van der Waals surface area (Å²) in [6.45, 7) is -2.83. The topological polar surface area (TPSA) is 288 Å². The number of carboxylic acid groups (broad SMARTS) is 6. The Bertz CT molecular complexity index is 1150. The van der Waals surface area contributed by atoms with Crippen LogP contribution in [0.4, 0.5) is 0 Å². The van der Waals surface area contributed by atoms with Crippen LogP contribution in [-0.4, -0.2) is 139 Å². The van der Waals surface area contributed by atoms with E-state index in [-0.39, 0.29) is 49.9 Å². The number of hydrogen-bond acceptors (Lipinski definition) is 10. The van der Waals surface area contributed by atoms with Crippen LogP contribution in [0.15, 0.2) is 24.3 Å². The molecule has 1 aromatic carbocycles. The van der Waals surface area contributed by atoms with Gasteiger partial charge in [-0.15, -0.1) is 0 Å². The van der Waals surface area contributed by atoms with E-state index >= 15 is 0 Å². The monoisotopic (exact) mass is 654 g/mol. The van der Waals surface area contributed by atoms with Crippen LogP contribution in [0.1, 0.15) is 59.2 Å². The molecule has 0 radical (unpaired) electrons. The van der Waals surface area contributed by atoms with Gasteiger partial charge in [0.2, 0.25) is 0 Å². The molecule has 0 unspecified atom stereocenters. The van der Waals surface area contributed by atoms with Crippen molar-refractivity contribution < 1.29 is 69.0 Å². The number of nitrogens with zero attached hydrogens (tertiary/aromatic N) is 2. The molecule has 0 heterocycles. The van der Waals surface area contributed by atoms with Crippen LogP contribution in [0, 0.1) is 0 Å². The fourth-order valence-electron chi connectivity index (χ4n) is 4.51. The van der Waals surface area contributed by atoms with Gasteiger partial charge in [-0.3, -0.25) is 48.2 Å². The lowest BCUT2D eigenvalue weighted by atomic mass is 10.1. The Kier molecular flexibility index (Phi) is 17.0. The molecule has 0 aliphatic rings. The molecule has 18 heteroatoms. The van der Waals surface area contributed by atoms with Gasteiger partial charge in [0.25, 0.3) is 11.8 Å². The first-order valence-electron chi connectivity index (χ1n) is 14.1. The lowest BCUT2D eigenvalue weighted by Crippen LogP contribution is -2.46. The van der Waals surface area contributed by atoms with Gasteiger partial charge in [-0.05, 0) is 56.7 Å². The number of amides is 2. The predicted molar refractivity (Wildman–Crippen MR) is 155 cm³/mol. The molecule has 0 saturated heterocycles. The van der Waals surface area contributed by atoms with Crippen molar-refractivity contribution in [2.45, 2.75) is 50.6 Å². The van der Waals surface area contributed by atoms with Crippen LogP contribution in [0.3, 0.4) is 0 Å². The molecule has 1 aromatic rings. The van der Waals surface area contributed by atoms with Gasteiger partial charge in [0.1, 0.15) is 12.1 Å². The smallest absolute Gasteiger partial charge is 0.320 e. The normalized spacial score (nSPS) is 12.2. The number of carboxylic acids is 6. The van der Waals surface area contributed by atoms with E-state index in [4.69, 9.17) is 20.4 Å². The third-order valence-electron chi connectivity index (χ3n) is 6.57. The Morgan fingerprint density at radius 3 is 1.15 bits per heavy atom. The summed E-state index contributed by atoms with van der Waals surface area (Å²) < 4.78 is 0. The molecule has 254 valence electrons. The van der Waals surface area contributed by atoms with Crippen molar-refractivity contribution in [3.05, 3.63) is 35.4 Å². The average molecular weight is 655 g/mol. The van der Waals surface area contributed by atoms with Crippen LogP contribution >= 0.6 is 0 Å². The van der Waals surface area contributed by atoms with Crippen molar-refractivity contribution in [3.63, 3.8) is 0 Å². The van der Waals surface area contributed by atoms with Crippen molar-refractivity contribution in [3.8, 4) is 0 Å². The molecule has 0 spiro atoms. The predicted octanol–water partition coefficient (Wildman–Crippen LogP) is -0.664. The molecular formula is C28H38N4O14.